The maximum absolute atomic E-state index is 12.4. The Labute approximate surface area is 132 Å². The van der Waals surface area contributed by atoms with Crippen LogP contribution in [-0.4, -0.2) is 31.8 Å². The van der Waals surface area contributed by atoms with Crippen LogP contribution in [0.5, 0.6) is 23.0 Å². The fourth-order valence-corrected chi connectivity index (χ4v) is 2.49. The van der Waals surface area contributed by atoms with E-state index in [0.29, 0.717) is 41.9 Å². The highest BCUT2D eigenvalue weighted by molar-refractivity contribution is 5.95. The van der Waals surface area contributed by atoms with E-state index in [0.717, 1.165) is 0 Å². The lowest BCUT2D eigenvalue weighted by atomic mass is 10.2. The average Bonchev–Trinajstić information content (AvgIpc) is 2.61. The number of fused-ring (bicyclic) bond motifs is 2. The van der Waals surface area contributed by atoms with Crippen molar-refractivity contribution in [3.8, 4) is 23.0 Å². The molecule has 0 radical (unpaired) electrons. The highest BCUT2D eigenvalue weighted by atomic mass is 16.6. The van der Waals surface area contributed by atoms with Gasteiger partial charge < -0.3 is 24.3 Å². The van der Waals surface area contributed by atoms with Crippen molar-refractivity contribution in [1.29, 1.82) is 0 Å². The number of anilines is 1. The zero-order chi connectivity index (χ0) is 15.6. The smallest absolute Gasteiger partial charge is 0.269 e. The second-order valence-corrected chi connectivity index (χ2v) is 5.21. The van der Waals surface area contributed by atoms with Gasteiger partial charge in [0.1, 0.15) is 19.8 Å². The van der Waals surface area contributed by atoms with E-state index in [4.69, 9.17) is 18.9 Å². The van der Waals surface area contributed by atoms with Gasteiger partial charge in [-0.15, -0.1) is 0 Å². The van der Waals surface area contributed by atoms with Crippen LogP contribution in [0.15, 0.2) is 42.5 Å². The maximum atomic E-state index is 12.4. The second-order valence-electron chi connectivity index (χ2n) is 5.21. The molecule has 0 fully saturated rings. The molecule has 0 spiro atoms. The Morgan fingerprint density at radius 2 is 1.65 bits per heavy atom. The number of carbonyl (C=O) groups is 1. The van der Waals surface area contributed by atoms with E-state index in [2.05, 4.69) is 5.32 Å². The minimum Gasteiger partial charge on any atom is -0.486 e. The van der Waals surface area contributed by atoms with Crippen molar-refractivity contribution in [2.24, 2.45) is 0 Å². The molecule has 118 valence electrons. The maximum Gasteiger partial charge on any atom is 0.269 e. The molecule has 0 aromatic heterocycles. The van der Waals surface area contributed by atoms with Crippen LogP contribution >= 0.6 is 0 Å². The third-order valence-electron chi connectivity index (χ3n) is 3.61. The Balaban J connectivity index is 1.46. The van der Waals surface area contributed by atoms with Gasteiger partial charge in [-0.05, 0) is 24.3 Å². The fourth-order valence-electron chi connectivity index (χ4n) is 2.49. The molecule has 6 nitrogen and oxygen atoms in total. The van der Waals surface area contributed by atoms with Gasteiger partial charge in [0.2, 0.25) is 6.10 Å². The third-order valence-corrected chi connectivity index (χ3v) is 3.61. The molecule has 23 heavy (non-hydrogen) atoms. The predicted molar refractivity (Wildman–Crippen MR) is 82.4 cm³/mol. The van der Waals surface area contributed by atoms with Gasteiger partial charge in [-0.1, -0.05) is 12.1 Å². The van der Waals surface area contributed by atoms with Gasteiger partial charge in [-0.2, -0.15) is 0 Å². The molecular weight excluding hydrogens is 298 g/mol. The minimum absolute atomic E-state index is 0.174. The van der Waals surface area contributed by atoms with Crippen LogP contribution in [0, 0.1) is 0 Å². The van der Waals surface area contributed by atoms with Crippen molar-refractivity contribution in [2.45, 2.75) is 6.10 Å². The quantitative estimate of drug-likeness (QED) is 0.921. The Bertz CT molecular complexity index is 746. The first-order valence-corrected chi connectivity index (χ1v) is 7.38. The lowest BCUT2D eigenvalue weighted by molar-refractivity contribution is -0.125. The highest BCUT2D eigenvalue weighted by Gasteiger charge is 2.27. The first kappa shape index (κ1) is 13.8. The zero-order valence-corrected chi connectivity index (χ0v) is 12.3. The van der Waals surface area contributed by atoms with Gasteiger partial charge in [0.05, 0.1) is 0 Å². The first-order valence-electron chi connectivity index (χ1n) is 7.38. The number of hydrogen-bond donors (Lipinski definition) is 1. The summed E-state index contributed by atoms with van der Waals surface area (Å²) in [7, 11) is 0. The summed E-state index contributed by atoms with van der Waals surface area (Å²) in [6, 6.07) is 12.6. The molecule has 4 rings (SSSR count). The van der Waals surface area contributed by atoms with Crippen LogP contribution in [-0.2, 0) is 4.79 Å². The summed E-state index contributed by atoms with van der Waals surface area (Å²) in [5.74, 6) is 2.26. The van der Waals surface area contributed by atoms with Crippen molar-refractivity contribution in [1.82, 2.24) is 0 Å². The van der Waals surface area contributed by atoms with Crippen LogP contribution in [0.2, 0.25) is 0 Å². The molecule has 0 unspecified atom stereocenters. The van der Waals surface area contributed by atoms with Crippen LogP contribution in [0.3, 0.4) is 0 Å². The molecule has 1 N–H and O–H groups in total. The molecule has 2 aliphatic rings. The lowest BCUT2D eigenvalue weighted by Crippen LogP contribution is -2.40. The van der Waals surface area contributed by atoms with Crippen molar-refractivity contribution >= 4 is 11.6 Å². The molecule has 6 heteroatoms. The molecule has 0 saturated heterocycles. The van der Waals surface area contributed by atoms with Crippen molar-refractivity contribution in [2.75, 3.05) is 25.1 Å². The van der Waals surface area contributed by atoms with Crippen LogP contribution in [0.4, 0.5) is 5.69 Å². The summed E-state index contributed by atoms with van der Waals surface area (Å²) in [4.78, 5) is 12.4. The van der Waals surface area contributed by atoms with E-state index in [9.17, 15) is 4.79 Å². The molecule has 1 amide bonds. The van der Waals surface area contributed by atoms with Crippen molar-refractivity contribution in [3.05, 3.63) is 42.5 Å². The van der Waals surface area contributed by atoms with E-state index in [-0.39, 0.29) is 12.5 Å². The van der Waals surface area contributed by atoms with E-state index < -0.39 is 6.10 Å². The highest BCUT2D eigenvalue weighted by Crippen LogP contribution is 2.33. The average molecular weight is 313 g/mol. The summed E-state index contributed by atoms with van der Waals surface area (Å²) >= 11 is 0. The van der Waals surface area contributed by atoms with E-state index in [1.165, 1.54) is 0 Å². The number of ether oxygens (including phenoxy) is 4. The van der Waals surface area contributed by atoms with Gasteiger partial charge in [-0.3, -0.25) is 4.79 Å². The Morgan fingerprint density at radius 3 is 2.52 bits per heavy atom. The standard InChI is InChI=1S/C17H15NO5/c19-17(16-10-22-12-3-1-2-4-14(12)23-16)18-11-5-6-13-15(9-11)21-8-7-20-13/h1-6,9,16H,7-8,10H2,(H,18,19)/t16-/m0/s1. The number of carbonyl (C=O) groups excluding carboxylic acids is 1. The molecule has 0 aliphatic carbocycles. The van der Waals surface area contributed by atoms with E-state index in [1.54, 1.807) is 24.3 Å². The molecule has 2 aromatic carbocycles. The normalized spacial score (nSPS) is 18.2. The number of benzene rings is 2. The number of hydrogen-bond acceptors (Lipinski definition) is 5. The van der Waals surface area contributed by atoms with Crippen molar-refractivity contribution in [3.63, 3.8) is 0 Å². The fraction of sp³-hybridized carbons (Fsp3) is 0.235. The summed E-state index contributed by atoms with van der Waals surface area (Å²) in [6.45, 7) is 1.21. The molecular formula is C17H15NO5. The van der Waals surface area contributed by atoms with E-state index in [1.807, 2.05) is 18.2 Å². The lowest BCUT2D eigenvalue weighted by Gasteiger charge is -2.25. The van der Waals surface area contributed by atoms with Crippen LogP contribution in [0.25, 0.3) is 0 Å². The van der Waals surface area contributed by atoms with E-state index >= 15 is 0 Å². The zero-order valence-electron chi connectivity index (χ0n) is 12.3. The number of nitrogens with one attached hydrogen (secondary N) is 1. The summed E-state index contributed by atoms with van der Waals surface area (Å²) in [5.41, 5.74) is 0.627. The van der Waals surface area contributed by atoms with Gasteiger partial charge in [0.15, 0.2) is 23.0 Å². The number of para-hydroxylation sites is 2. The van der Waals surface area contributed by atoms with Gasteiger partial charge in [0, 0.05) is 11.8 Å². The monoisotopic (exact) mass is 313 g/mol. The van der Waals surface area contributed by atoms with Crippen molar-refractivity contribution < 1.29 is 23.7 Å². The first-order chi connectivity index (χ1) is 11.3. The SMILES string of the molecule is O=C(Nc1ccc2c(c1)OCCO2)[C@@H]1COc2ccccc2O1. The summed E-state index contributed by atoms with van der Waals surface area (Å²) in [5, 5.41) is 2.81. The molecule has 2 aromatic rings. The second kappa shape index (κ2) is 5.72. The van der Waals surface area contributed by atoms with Crippen LogP contribution in [0.1, 0.15) is 0 Å². The minimum atomic E-state index is -0.696. The van der Waals surface area contributed by atoms with Gasteiger partial charge in [-0.25, -0.2) is 0 Å². The summed E-state index contributed by atoms with van der Waals surface area (Å²) in [6.07, 6.45) is -0.696. The molecule has 0 bridgehead atoms. The Hall–Kier alpha value is -2.89. The van der Waals surface area contributed by atoms with Crippen LogP contribution < -0.4 is 24.3 Å². The molecule has 2 heterocycles. The number of rotatable bonds is 2. The van der Waals surface area contributed by atoms with Gasteiger partial charge in [0.25, 0.3) is 5.91 Å². The Morgan fingerprint density at radius 1 is 0.913 bits per heavy atom. The van der Waals surface area contributed by atoms with Gasteiger partial charge >= 0.3 is 0 Å². The topological polar surface area (TPSA) is 66.0 Å². The predicted octanol–water partition coefficient (Wildman–Crippen LogP) is 2.24. The molecule has 1 atom stereocenters. The molecule has 0 saturated carbocycles. The number of amides is 1. The Kier molecular flexibility index (Phi) is 3.42. The third kappa shape index (κ3) is 2.75. The largest absolute Gasteiger partial charge is 0.486 e. The molecule has 2 aliphatic heterocycles. The summed E-state index contributed by atoms with van der Waals surface area (Å²) < 4.78 is 22.2.